The van der Waals surface area contributed by atoms with E-state index in [9.17, 15) is 13.2 Å². The van der Waals surface area contributed by atoms with E-state index in [-0.39, 0.29) is 12.1 Å². The van der Waals surface area contributed by atoms with Gasteiger partial charge in [0.15, 0.2) is 0 Å². The van der Waals surface area contributed by atoms with Crippen LogP contribution in [0.1, 0.15) is 48.7 Å². The molecular weight excluding hydrogens is 464 g/mol. The highest BCUT2D eigenvalue weighted by atomic mass is 32.2. The smallest absolute Gasteiger partial charge is 0.321 e. The van der Waals surface area contributed by atoms with E-state index in [1.807, 2.05) is 35.7 Å². The van der Waals surface area contributed by atoms with Crippen LogP contribution in [0.25, 0.3) is 0 Å². The Labute approximate surface area is 200 Å². The van der Waals surface area contributed by atoms with E-state index in [4.69, 9.17) is 0 Å². The predicted molar refractivity (Wildman–Crippen MR) is 134 cm³/mol. The summed E-state index contributed by atoms with van der Waals surface area (Å²) in [5, 5.41) is 3.01. The van der Waals surface area contributed by atoms with Gasteiger partial charge in [0.1, 0.15) is 0 Å². The second-order valence-electron chi connectivity index (χ2n) is 8.68. The Morgan fingerprint density at radius 1 is 1.03 bits per heavy atom. The lowest BCUT2D eigenvalue weighted by atomic mass is 9.96. The fraction of sp³-hybridized carbons (Fsp3) is 0.682. The van der Waals surface area contributed by atoms with E-state index in [0.29, 0.717) is 30.8 Å². The lowest BCUT2D eigenvalue weighted by Gasteiger charge is -2.38. The van der Waals surface area contributed by atoms with Crippen LogP contribution in [0.4, 0.5) is 10.5 Å². The third-order valence-electron chi connectivity index (χ3n) is 6.54. The molecule has 3 fully saturated rings. The van der Waals surface area contributed by atoms with Gasteiger partial charge < -0.3 is 10.2 Å². The normalized spacial score (nSPS) is 22.2. The van der Waals surface area contributed by atoms with Crippen LogP contribution in [0, 0.1) is 0 Å². The number of piperazine rings is 1. The molecule has 32 heavy (non-hydrogen) atoms. The van der Waals surface area contributed by atoms with Gasteiger partial charge in [0.25, 0.3) is 10.2 Å². The first kappa shape index (κ1) is 24.2. The molecule has 10 heteroatoms. The molecule has 0 unspecified atom stereocenters. The predicted octanol–water partition coefficient (Wildman–Crippen LogP) is 4.21. The lowest BCUT2D eigenvalue weighted by Crippen LogP contribution is -2.55. The van der Waals surface area contributed by atoms with Crippen LogP contribution in [0.3, 0.4) is 0 Å². The van der Waals surface area contributed by atoms with Crippen LogP contribution < -0.4 is 5.32 Å². The zero-order valence-corrected chi connectivity index (χ0v) is 21.2. The number of amides is 2. The molecule has 0 aromatic heterocycles. The number of nitrogens with one attached hydrogen (secondary N) is 1. The molecule has 0 spiro atoms. The Morgan fingerprint density at radius 2 is 1.72 bits per heavy atom. The van der Waals surface area contributed by atoms with E-state index in [1.165, 1.54) is 34.2 Å². The number of hydrogen-bond acceptors (Lipinski definition) is 5. The number of nitrogens with zero attached hydrogens (tertiary/aromatic N) is 3. The quantitative estimate of drug-likeness (QED) is 0.658. The average molecular weight is 499 g/mol. The van der Waals surface area contributed by atoms with E-state index >= 15 is 0 Å². The van der Waals surface area contributed by atoms with Crippen molar-refractivity contribution in [3.8, 4) is 0 Å². The zero-order chi connectivity index (χ0) is 22.6. The average Bonchev–Trinajstić information content (AvgIpc) is 2.85. The van der Waals surface area contributed by atoms with Gasteiger partial charge in [-0.25, -0.2) is 4.79 Å². The third-order valence-corrected chi connectivity index (χ3v) is 11.6. The Kier molecular flexibility index (Phi) is 8.31. The summed E-state index contributed by atoms with van der Waals surface area (Å²) in [6, 6.07) is 8.03. The minimum absolute atomic E-state index is 0.0999. The number of carbonyl (C=O) groups is 1. The van der Waals surface area contributed by atoms with E-state index in [1.54, 1.807) is 16.3 Å². The van der Waals surface area contributed by atoms with Crippen LogP contribution in [0.15, 0.2) is 24.3 Å². The molecule has 3 aliphatic rings. The third kappa shape index (κ3) is 5.75. The summed E-state index contributed by atoms with van der Waals surface area (Å²) in [5.74, 6) is 2.36. The highest BCUT2D eigenvalue weighted by Crippen LogP contribution is 2.44. The minimum atomic E-state index is -3.48. The molecule has 2 saturated heterocycles. The van der Waals surface area contributed by atoms with Crippen LogP contribution in [0.5, 0.6) is 0 Å². The summed E-state index contributed by atoms with van der Waals surface area (Å²) in [4.78, 5) is 14.5. The van der Waals surface area contributed by atoms with Gasteiger partial charge in [-0.3, -0.25) is 0 Å². The molecular formula is C22H34N4O3S3. The molecule has 2 aliphatic heterocycles. The number of hydrogen-bond donors (Lipinski definition) is 1. The molecule has 0 atom stereocenters. The monoisotopic (exact) mass is 498 g/mol. The number of carbonyl (C=O) groups excluding carboxylic acids is 1. The van der Waals surface area contributed by atoms with Crippen molar-refractivity contribution in [3.05, 3.63) is 29.8 Å². The van der Waals surface area contributed by atoms with Crippen molar-refractivity contribution < 1.29 is 13.2 Å². The van der Waals surface area contributed by atoms with Crippen LogP contribution in [0.2, 0.25) is 0 Å². The molecule has 2 heterocycles. The SMILES string of the molecule is CN(C1CCCCC1)S(=O)(=O)N1CCN(C(=O)Nc2cccc(C3SCCCS3)c2)CC1. The largest absolute Gasteiger partial charge is 0.322 e. The minimum Gasteiger partial charge on any atom is -0.322 e. The van der Waals surface area contributed by atoms with Gasteiger partial charge in [-0.2, -0.15) is 17.0 Å². The molecule has 1 aliphatic carbocycles. The zero-order valence-electron chi connectivity index (χ0n) is 18.7. The molecule has 178 valence electrons. The Hall–Kier alpha value is -0.940. The van der Waals surface area contributed by atoms with Crippen molar-refractivity contribution in [3.63, 3.8) is 0 Å². The summed E-state index contributed by atoms with van der Waals surface area (Å²) in [7, 11) is -1.78. The maximum absolute atomic E-state index is 13.1. The fourth-order valence-corrected chi connectivity index (χ4v) is 9.03. The summed E-state index contributed by atoms with van der Waals surface area (Å²) >= 11 is 3.92. The summed E-state index contributed by atoms with van der Waals surface area (Å²) in [6.45, 7) is 1.47. The highest BCUT2D eigenvalue weighted by molar-refractivity contribution is 8.16. The van der Waals surface area contributed by atoms with Gasteiger partial charge in [0.05, 0.1) is 4.58 Å². The van der Waals surface area contributed by atoms with Gasteiger partial charge in [0.2, 0.25) is 0 Å². The van der Waals surface area contributed by atoms with Crippen molar-refractivity contribution in [2.45, 2.75) is 49.1 Å². The number of rotatable bonds is 5. The second-order valence-corrected chi connectivity index (χ2v) is 13.4. The van der Waals surface area contributed by atoms with Gasteiger partial charge in [-0.15, -0.1) is 23.5 Å². The number of benzene rings is 1. The van der Waals surface area contributed by atoms with Crippen molar-refractivity contribution in [2.75, 3.05) is 50.0 Å². The molecule has 0 radical (unpaired) electrons. The van der Waals surface area contributed by atoms with Crippen molar-refractivity contribution in [1.29, 1.82) is 0 Å². The second kappa shape index (κ2) is 11.0. The first-order chi connectivity index (χ1) is 15.4. The molecule has 4 rings (SSSR count). The van der Waals surface area contributed by atoms with E-state index in [0.717, 1.165) is 31.4 Å². The maximum atomic E-state index is 13.1. The first-order valence-electron chi connectivity index (χ1n) is 11.6. The number of urea groups is 1. The number of thioether (sulfide) groups is 2. The number of anilines is 1. The maximum Gasteiger partial charge on any atom is 0.321 e. The van der Waals surface area contributed by atoms with Crippen molar-refractivity contribution in [1.82, 2.24) is 13.5 Å². The fourth-order valence-electron chi connectivity index (χ4n) is 4.58. The van der Waals surface area contributed by atoms with Crippen LogP contribution in [-0.4, -0.2) is 78.7 Å². The van der Waals surface area contributed by atoms with E-state index in [2.05, 4.69) is 17.4 Å². The van der Waals surface area contributed by atoms with Gasteiger partial charge in [-0.05, 0) is 48.5 Å². The van der Waals surface area contributed by atoms with Crippen LogP contribution >= 0.6 is 23.5 Å². The molecule has 0 bridgehead atoms. The standard InChI is InChI=1S/C22H34N4O3S3/c1-24(20-9-3-2-4-10-20)32(28,29)26-13-11-25(12-14-26)22(27)23-19-8-5-7-18(17-19)21-30-15-6-16-31-21/h5,7-8,17,20-21H,2-4,6,9-16H2,1H3,(H,23,27). The highest BCUT2D eigenvalue weighted by Gasteiger charge is 2.35. The summed E-state index contributed by atoms with van der Waals surface area (Å²) in [6.07, 6.45) is 6.51. The van der Waals surface area contributed by atoms with Crippen molar-refractivity contribution in [2.24, 2.45) is 0 Å². The van der Waals surface area contributed by atoms with E-state index < -0.39 is 10.2 Å². The molecule has 1 N–H and O–H groups in total. The summed E-state index contributed by atoms with van der Waals surface area (Å²) in [5.41, 5.74) is 2.03. The molecule has 1 saturated carbocycles. The Balaban J connectivity index is 1.31. The lowest BCUT2D eigenvalue weighted by molar-refractivity contribution is 0.178. The van der Waals surface area contributed by atoms with Gasteiger partial charge in [-0.1, -0.05) is 31.4 Å². The molecule has 1 aromatic rings. The first-order valence-corrected chi connectivity index (χ1v) is 15.1. The molecule has 1 aromatic carbocycles. The topological polar surface area (TPSA) is 73.0 Å². The van der Waals surface area contributed by atoms with Crippen molar-refractivity contribution >= 4 is 45.5 Å². The van der Waals surface area contributed by atoms with Gasteiger partial charge in [0, 0.05) is 45.0 Å². The molecule has 7 nitrogen and oxygen atoms in total. The molecule has 2 amide bonds. The van der Waals surface area contributed by atoms with Crippen LogP contribution in [-0.2, 0) is 10.2 Å². The summed E-state index contributed by atoms with van der Waals surface area (Å²) < 4.78 is 29.7. The van der Waals surface area contributed by atoms with Gasteiger partial charge >= 0.3 is 6.03 Å². The Morgan fingerprint density at radius 3 is 2.41 bits per heavy atom. The Bertz CT molecular complexity index is 878.